The van der Waals surface area contributed by atoms with E-state index in [9.17, 15) is 0 Å². The Kier molecular flexibility index (Phi) is 1.79. The van der Waals surface area contributed by atoms with Crippen LogP contribution in [-0.4, -0.2) is 0 Å². The lowest BCUT2D eigenvalue weighted by atomic mass is 9.67. The van der Waals surface area contributed by atoms with Crippen LogP contribution in [0.3, 0.4) is 0 Å². The smallest absolute Gasteiger partial charge is 0.0308 e. The summed E-state index contributed by atoms with van der Waals surface area (Å²) in [7, 11) is 0. The largest absolute Gasteiger partial charge is 0.0619 e. The van der Waals surface area contributed by atoms with Crippen LogP contribution >= 0.6 is 0 Å². The number of fused-ring (bicyclic) bond motifs is 2. The molecule has 0 spiro atoms. The molecule has 0 aromatic rings. The third-order valence-electron chi connectivity index (χ3n) is 4.33. The Morgan fingerprint density at radius 1 is 1.00 bits per heavy atom. The third-order valence-corrected chi connectivity index (χ3v) is 4.33. The predicted molar refractivity (Wildman–Crippen MR) is 52.9 cm³/mol. The summed E-state index contributed by atoms with van der Waals surface area (Å²) < 4.78 is 0. The zero-order valence-electron chi connectivity index (χ0n) is 8.93. The summed E-state index contributed by atoms with van der Waals surface area (Å²) in [5.41, 5.74) is 0.555. The van der Waals surface area contributed by atoms with Crippen LogP contribution in [0, 0.1) is 29.1 Å². The van der Waals surface area contributed by atoms with Gasteiger partial charge in [-0.2, -0.15) is 0 Å². The predicted octanol–water partition coefficient (Wildman–Crippen LogP) is 3.71. The van der Waals surface area contributed by atoms with E-state index in [2.05, 4.69) is 27.7 Å². The maximum atomic E-state index is 2.49. The summed E-state index contributed by atoms with van der Waals surface area (Å²) in [6.07, 6.45) is 4.60. The van der Waals surface area contributed by atoms with Crippen molar-refractivity contribution < 1.29 is 0 Å². The second kappa shape index (κ2) is 2.49. The summed E-state index contributed by atoms with van der Waals surface area (Å²) in [6.45, 7) is 9.76. The molecule has 0 nitrogen and oxygen atoms in total. The molecule has 0 N–H and O–H groups in total. The van der Waals surface area contributed by atoms with Gasteiger partial charge in [0.25, 0.3) is 0 Å². The van der Waals surface area contributed by atoms with E-state index in [1.165, 1.54) is 12.8 Å². The van der Waals surface area contributed by atoms with Gasteiger partial charge in [0.1, 0.15) is 0 Å². The molecule has 2 saturated carbocycles. The highest BCUT2D eigenvalue weighted by molar-refractivity contribution is 4.98. The topological polar surface area (TPSA) is 0 Å². The van der Waals surface area contributed by atoms with Gasteiger partial charge in [-0.3, -0.25) is 0 Å². The first-order valence-corrected chi connectivity index (χ1v) is 5.50. The van der Waals surface area contributed by atoms with E-state index in [1.54, 1.807) is 6.42 Å². The second-order valence-electron chi connectivity index (χ2n) is 6.08. The zero-order chi connectivity index (χ0) is 8.93. The van der Waals surface area contributed by atoms with E-state index in [0.717, 1.165) is 23.7 Å². The fourth-order valence-corrected chi connectivity index (χ4v) is 4.07. The maximum Gasteiger partial charge on any atom is -0.0308 e. The summed E-state index contributed by atoms with van der Waals surface area (Å²) in [6, 6.07) is 0. The Labute approximate surface area is 76.7 Å². The maximum absolute atomic E-state index is 2.49. The van der Waals surface area contributed by atoms with Crippen LogP contribution in [0.25, 0.3) is 0 Å². The molecule has 0 saturated heterocycles. The highest BCUT2D eigenvalue weighted by atomic mass is 14.5. The second-order valence-corrected chi connectivity index (χ2v) is 6.08. The molecule has 0 amide bonds. The summed E-state index contributed by atoms with van der Waals surface area (Å²) >= 11 is 0. The van der Waals surface area contributed by atoms with Crippen LogP contribution < -0.4 is 0 Å². The monoisotopic (exact) mass is 166 g/mol. The molecule has 0 heterocycles. The van der Waals surface area contributed by atoms with Gasteiger partial charge in [0.2, 0.25) is 0 Å². The van der Waals surface area contributed by atoms with E-state index in [1.807, 2.05) is 0 Å². The average Bonchev–Trinajstić information content (AvgIpc) is 2.42. The average molecular weight is 166 g/mol. The van der Waals surface area contributed by atoms with E-state index in [-0.39, 0.29) is 0 Å². The molecule has 0 heteroatoms. The molecule has 0 aromatic heterocycles. The van der Waals surface area contributed by atoms with Crippen LogP contribution in [0.4, 0.5) is 0 Å². The van der Waals surface area contributed by atoms with Gasteiger partial charge in [-0.1, -0.05) is 27.7 Å². The Morgan fingerprint density at radius 3 is 1.92 bits per heavy atom. The van der Waals surface area contributed by atoms with Crippen LogP contribution in [0.2, 0.25) is 0 Å². The van der Waals surface area contributed by atoms with Crippen molar-refractivity contribution in [3.8, 4) is 0 Å². The normalized spacial score (nSPS) is 47.0. The van der Waals surface area contributed by atoms with Crippen molar-refractivity contribution >= 4 is 0 Å². The number of hydrogen-bond acceptors (Lipinski definition) is 0. The molecule has 2 unspecified atom stereocenters. The summed E-state index contributed by atoms with van der Waals surface area (Å²) in [5.74, 6) is 4.17. The van der Waals surface area contributed by atoms with Crippen LogP contribution in [-0.2, 0) is 0 Å². The lowest BCUT2D eigenvalue weighted by Crippen LogP contribution is -2.31. The summed E-state index contributed by atoms with van der Waals surface area (Å²) in [4.78, 5) is 0. The van der Waals surface area contributed by atoms with Crippen molar-refractivity contribution in [1.29, 1.82) is 0 Å². The molecular formula is C12H22. The van der Waals surface area contributed by atoms with Gasteiger partial charge in [0, 0.05) is 0 Å². The molecule has 0 aliphatic heterocycles. The molecule has 0 radical (unpaired) electrons. The molecule has 0 aromatic carbocycles. The SMILES string of the molecule is C[C@@H]1C2CCC(C2)[C@H]1C(C)(C)C. The Hall–Kier alpha value is 0. The first-order valence-electron chi connectivity index (χ1n) is 5.50. The van der Waals surface area contributed by atoms with Crippen LogP contribution in [0.15, 0.2) is 0 Å². The van der Waals surface area contributed by atoms with Gasteiger partial charge in [0.15, 0.2) is 0 Å². The molecule has 70 valence electrons. The van der Waals surface area contributed by atoms with Crippen molar-refractivity contribution in [3.63, 3.8) is 0 Å². The van der Waals surface area contributed by atoms with Crippen molar-refractivity contribution in [1.82, 2.24) is 0 Å². The number of rotatable bonds is 0. The fourth-order valence-electron chi connectivity index (χ4n) is 4.07. The molecule has 2 rings (SSSR count). The minimum Gasteiger partial charge on any atom is -0.0619 e. The lowest BCUT2D eigenvalue weighted by Gasteiger charge is -2.38. The minimum atomic E-state index is 0.555. The van der Waals surface area contributed by atoms with Gasteiger partial charge >= 0.3 is 0 Å². The van der Waals surface area contributed by atoms with E-state index in [4.69, 9.17) is 0 Å². The van der Waals surface area contributed by atoms with Crippen molar-refractivity contribution in [2.75, 3.05) is 0 Å². The summed E-state index contributed by atoms with van der Waals surface area (Å²) in [5, 5.41) is 0. The molecule has 2 aliphatic carbocycles. The van der Waals surface area contributed by atoms with Crippen LogP contribution in [0.5, 0.6) is 0 Å². The van der Waals surface area contributed by atoms with E-state index < -0.39 is 0 Å². The Morgan fingerprint density at radius 2 is 1.58 bits per heavy atom. The molecule has 4 atom stereocenters. The minimum absolute atomic E-state index is 0.555. The first-order chi connectivity index (χ1) is 5.50. The standard InChI is InChI=1S/C12H22/c1-8-9-5-6-10(7-9)11(8)12(2,3)4/h8-11H,5-7H2,1-4H3/t8-,9?,10?,11+/m1/s1. The zero-order valence-corrected chi connectivity index (χ0v) is 8.93. The Bertz CT molecular complexity index is 173. The van der Waals surface area contributed by atoms with Crippen molar-refractivity contribution in [3.05, 3.63) is 0 Å². The number of hydrogen-bond donors (Lipinski definition) is 0. The molecule has 12 heavy (non-hydrogen) atoms. The van der Waals surface area contributed by atoms with Crippen molar-refractivity contribution in [2.24, 2.45) is 29.1 Å². The quantitative estimate of drug-likeness (QED) is 0.514. The first kappa shape index (κ1) is 8.59. The molecule has 2 bridgehead atoms. The Balaban J connectivity index is 2.17. The van der Waals surface area contributed by atoms with E-state index in [0.29, 0.717) is 5.41 Å². The van der Waals surface area contributed by atoms with Gasteiger partial charge in [-0.15, -0.1) is 0 Å². The molecule has 2 fully saturated rings. The van der Waals surface area contributed by atoms with Gasteiger partial charge in [-0.25, -0.2) is 0 Å². The lowest BCUT2D eigenvalue weighted by molar-refractivity contribution is 0.106. The molecule has 2 aliphatic rings. The van der Waals surface area contributed by atoms with Crippen molar-refractivity contribution in [2.45, 2.75) is 47.0 Å². The van der Waals surface area contributed by atoms with Gasteiger partial charge in [0.05, 0.1) is 0 Å². The van der Waals surface area contributed by atoms with Gasteiger partial charge < -0.3 is 0 Å². The van der Waals surface area contributed by atoms with Crippen LogP contribution in [0.1, 0.15) is 47.0 Å². The molecular weight excluding hydrogens is 144 g/mol. The highest BCUT2D eigenvalue weighted by Gasteiger charge is 2.49. The highest BCUT2D eigenvalue weighted by Crippen LogP contribution is 2.57. The third kappa shape index (κ3) is 1.11. The van der Waals surface area contributed by atoms with Gasteiger partial charge in [-0.05, 0) is 48.3 Å². The van der Waals surface area contributed by atoms with E-state index >= 15 is 0 Å². The fraction of sp³-hybridized carbons (Fsp3) is 1.00.